The van der Waals surface area contributed by atoms with Crippen LogP contribution in [-0.4, -0.2) is 25.8 Å². The molecule has 0 spiro atoms. The second kappa shape index (κ2) is 7.72. The lowest BCUT2D eigenvalue weighted by Crippen LogP contribution is -2.11. The number of aromatic nitrogens is 3. The van der Waals surface area contributed by atoms with Crippen LogP contribution in [0.3, 0.4) is 0 Å². The van der Waals surface area contributed by atoms with Gasteiger partial charge in [-0.3, -0.25) is 4.57 Å². The Bertz CT molecular complexity index is 1060. The van der Waals surface area contributed by atoms with Crippen molar-refractivity contribution in [2.75, 3.05) is 0 Å². The Morgan fingerprint density at radius 3 is 1.57 bits per heavy atom. The molecule has 0 aliphatic carbocycles. The molecule has 0 amide bonds. The molecule has 1 heterocycles. The van der Waals surface area contributed by atoms with Gasteiger partial charge in [0.25, 0.3) is 0 Å². The minimum Gasteiger partial charge on any atom is -0.477 e. The van der Waals surface area contributed by atoms with Crippen molar-refractivity contribution < 1.29 is 9.90 Å². The van der Waals surface area contributed by atoms with Crippen molar-refractivity contribution in [3.05, 3.63) is 96.6 Å². The number of benzene rings is 3. The van der Waals surface area contributed by atoms with E-state index >= 15 is 0 Å². The van der Waals surface area contributed by atoms with Crippen molar-refractivity contribution in [2.24, 2.45) is 0 Å². The molecular formula is C23H17N3O2. The second-order valence-corrected chi connectivity index (χ2v) is 6.16. The second-order valence-electron chi connectivity index (χ2n) is 6.16. The van der Waals surface area contributed by atoms with Crippen LogP contribution in [0.15, 0.2) is 91.0 Å². The monoisotopic (exact) mass is 367 g/mol. The van der Waals surface area contributed by atoms with Gasteiger partial charge in [-0.1, -0.05) is 91.0 Å². The van der Waals surface area contributed by atoms with E-state index in [4.69, 9.17) is 0 Å². The van der Waals surface area contributed by atoms with Crippen LogP contribution in [0.2, 0.25) is 0 Å². The van der Waals surface area contributed by atoms with Crippen LogP contribution >= 0.6 is 0 Å². The van der Waals surface area contributed by atoms with Crippen molar-refractivity contribution in [1.29, 1.82) is 0 Å². The van der Waals surface area contributed by atoms with Gasteiger partial charge < -0.3 is 5.11 Å². The third kappa shape index (κ3) is 3.46. The topological polar surface area (TPSA) is 68.0 Å². The molecule has 4 aromatic rings. The minimum absolute atomic E-state index is 0.0777. The Kier molecular flexibility index (Phi) is 4.80. The summed E-state index contributed by atoms with van der Waals surface area (Å²) in [6.07, 6.45) is 1.63. The van der Waals surface area contributed by atoms with Crippen LogP contribution < -0.4 is 0 Å². The average Bonchev–Trinajstić information content (AvgIpc) is 3.18. The first kappa shape index (κ1) is 17.4. The molecule has 1 aromatic heterocycles. The predicted molar refractivity (Wildman–Crippen MR) is 109 cm³/mol. The molecule has 4 rings (SSSR count). The smallest absolute Gasteiger partial charge is 0.352 e. The van der Waals surface area contributed by atoms with Crippen molar-refractivity contribution in [2.45, 2.75) is 0 Å². The first-order valence-corrected chi connectivity index (χ1v) is 8.81. The number of nitrogens with zero attached hydrogens (tertiary/aromatic N) is 3. The van der Waals surface area contributed by atoms with E-state index in [0.29, 0.717) is 11.6 Å². The Hall–Kier alpha value is -3.99. The normalized spacial score (nSPS) is 11.4. The zero-order valence-corrected chi connectivity index (χ0v) is 14.9. The first-order valence-electron chi connectivity index (χ1n) is 8.81. The molecule has 0 atom stereocenters. The zero-order chi connectivity index (χ0) is 19.3. The highest BCUT2D eigenvalue weighted by Gasteiger charge is 2.22. The van der Waals surface area contributed by atoms with Gasteiger partial charge in [0.05, 0.1) is 0 Å². The largest absolute Gasteiger partial charge is 0.477 e. The van der Waals surface area contributed by atoms with Crippen molar-refractivity contribution >= 4 is 17.7 Å². The summed E-state index contributed by atoms with van der Waals surface area (Å²) in [5.74, 6) is -0.105. The summed E-state index contributed by atoms with van der Waals surface area (Å²) in [6, 6.07) is 28.2. The third-order valence-electron chi connectivity index (χ3n) is 4.29. The molecule has 0 unspecified atom stereocenters. The summed E-state index contributed by atoms with van der Waals surface area (Å²) >= 11 is 0. The molecule has 0 fully saturated rings. The van der Waals surface area contributed by atoms with Crippen LogP contribution in [0, 0.1) is 0 Å². The van der Waals surface area contributed by atoms with E-state index < -0.39 is 5.97 Å². The zero-order valence-electron chi connectivity index (χ0n) is 14.9. The highest BCUT2D eigenvalue weighted by atomic mass is 16.4. The molecule has 5 heteroatoms. The van der Waals surface area contributed by atoms with E-state index in [2.05, 4.69) is 10.2 Å². The van der Waals surface area contributed by atoms with Gasteiger partial charge in [-0.15, -0.1) is 10.2 Å². The Labute approximate surface area is 162 Å². The van der Waals surface area contributed by atoms with Crippen LogP contribution in [0.5, 0.6) is 0 Å². The molecule has 5 nitrogen and oxygen atoms in total. The highest BCUT2D eigenvalue weighted by Crippen LogP contribution is 2.29. The molecule has 0 radical (unpaired) electrons. The van der Waals surface area contributed by atoms with Crippen molar-refractivity contribution in [3.63, 3.8) is 0 Å². The summed E-state index contributed by atoms with van der Waals surface area (Å²) in [5, 5.41) is 18.6. The number of rotatable bonds is 5. The van der Waals surface area contributed by atoms with Gasteiger partial charge in [0.2, 0.25) is 0 Å². The number of hydrogen-bond acceptors (Lipinski definition) is 3. The van der Waals surface area contributed by atoms with E-state index in [1.807, 2.05) is 91.0 Å². The lowest BCUT2D eigenvalue weighted by molar-refractivity contribution is -0.130. The van der Waals surface area contributed by atoms with Crippen molar-refractivity contribution in [1.82, 2.24) is 14.8 Å². The molecule has 0 saturated carbocycles. The summed E-state index contributed by atoms with van der Waals surface area (Å²) in [7, 11) is 0. The van der Waals surface area contributed by atoms with E-state index in [0.717, 1.165) is 16.7 Å². The predicted octanol–water partition coefficient (Wildman–Crippen LogP) is 4.69. The lowest BCUT2D eigenvalue weighted by atomic mass is 10.1. The van der Waals surface area contributed by atoms with Crippen LogP contribution in [-0.2, 0) is 4.79 Å². The molecule has 136 valence electrons. The van der Waals surface area contributed by atoms with E-state index in [1.54, 1.807) is 10.6 Å². The number of carboxylic acid groups (broad SMARTS) is 1. The van der Waals surface area contributed by atoms with Crippen LogP contribution in [0.25, 0.3) is 34.5 Å². The fraction of sp³-hybridized carbons (Fsp3) is 0. The minimum atomic E-state index is -1.06. The number of hydrogen-bond donors (Lipinski definition) is 1. The van der Waals surface area contributed by atoms with Crippen LogP contribution in [0.4, 0.5) is 0 Å². The lowest BCUT2D eigenvalue weighted by Gasteiger charge is -2.12. The van der Waals surface area contributed by atoms with Gasteiger partial charge in [0.15, 0.2) is 11.6 Å². The molecule has 0 aliphatic rings. The Balaban J connectivity index is 1.98. The fourth-order valence-corrected chi connectivity index (χ4v) is 2.99. The number of carbonyl (C=O) groups is 1. The molecule has 0 aliphatic heterocycles. The molecule has 0 bridgehead atoms. The Morgan fingerprint density at radius 2 is 1.14 bits per heavy atom. The van der Waals surface area contributed by atoms with Gasteiger partial charge in [0, 0.05) is 11.1 Å². The summed E-state index contributed by atoms with van der Waals surface area (Å²) in [5.41, 5.74) is 2.44. The molecule has 1 N–H and O–H groups in total. The third-order valence-corrected chi connectivity index (χ3v) is 4.29. The maximum Gasteiger partial charge on any atom is 0.352 e. The van der Waals surface area contributed by atoms with Crippen LogP contribution in [0.1, 0.15) is 5.56 Å². The maximum absolute atomic E-state index is 12.2. The molecule has 28 heavy (non-hydrogen) atoms. The number of carboxylic acids is 1. The first-order chi connectivity index (χ1) is 13.7. The van der Waals surface area contributed by atoms with Gasteiger partial charge in [0.1, 0.15) is 5.70 Å². The highest BCUT2D eigenvalue weighted by molar-refractivity contribution is 6.15. The summed E-state index contributed by atoms with van der Waals surface area (Å²) in [4.78, 5) is 12.2. The summed E-state index contributed by atoms with van der Waals surface area (Å²) < 4.78 is 1.60. The van der Waals surface area contributed by atoms with Gasteiger partial charge in [-0.25, -0.2) is 4.79 Å². The Morgan fingerprint density at radius 1 is 0.714 bits per heavy atom. The standard InChI is InChI=1S/C23H17N3O2/c27-23(28)20(16-17-10-4-1-5-11-17)26-21(18-12-6-2-7-13-18)24-25-22(26)19-14-8-3-9-15-19/h1-16H,(H,27,28)/b20-16+. The number of aliphatic carboxylic acids is 1. The maximum atomic E-state index is 12.2. The average molecular weight is 367 g/mol. The van der Waals surface area contributed by atoms with E-state index in [-0.39, 0.29) is 5.70 Å². The van der Waals surface area contributed by atoms with E-state index in [9.17, 15) is 9.90 Å². The SMILES string of the molecule is O=C(O)/C(=C\c1ccccc1)n1c(-c2ccccc2)nnc1-c1ccccc1. The molecule has 0 saturated heterocycles. The van der Waals surface area contributed by atoms with Gasteiger partial charge in [-0.2, -0.15) is 0 Å². The fourth-order valence-electron chi connectivity index (χ4n) is 2.99. The van der Waals surface area contributed by atoms with Gasteiger partial charge in [-0.05, 0) is 11.6 Å². The van der Waals surface area contributed by atoms with Gasteiger partial charge >= 0.3 is 5.97 Å². The summed E-state index contributed by atoms with van der Waals surface area (Å²) in [6.45, 7) is 0. The van der Waals surface area contributed by atoms with E-state index in [1.165, 1.54) is 0 Å². The quantitative estimate of drug-likeness (QED) is 0.519. The molecule has 3 aromatic carbocycles. The van der Waals surface area contributed by atoms with Crippen molar-refractivity contribution in [3.8, 4) is 22.8 Å². The molecular weight excluding hydrogens is 350 g/mol.